The number of non-ortho nitro benzene ring substituents is 1. The summed E-state index contributed by atoms with van der Waals surface area (Å²) in [4.78, 5) is 23.5. The number of benzene rings is 2. The Balaban J connectivity index is 1.65. The lowest BCUT2D eigenvalue weighted by Crippen LogP contribution is -2.20. The number of carbonyl (C=O) groups excluding carboxylic acids is 1. The van der Waals surface area contributed by atoms with Crippen molar-refractivity contribution >= 4 is 17.3 Å². The number of tetrazole rings is 1. The first-order valence-electron chi connectivity index (χ1n) is 7.96. The first-order chi connectivity index (χ1) is 12.5. The Morgan fingerprint density at radius 2 is 2.00 bits per heavy atom. The maximum absolute atomic E-state index is 12.1. The smallest absolute Gasteiger partial charge is 0.271 e. The van der Waals surface area contributed by atoms with Gasteiger partial charge in [-0.3, -0.25) is 14.9 Å². The number of nitro groups is 1. The second-order valence-corrected chi connectivity index (χ2v) is 5.55. The molecule has 0 fully saturated rings. The number of hydrogen-bond acceptors (Lipinski definition) is 6. The van der Waals surface area contributed by atoms with Gasteiger partial charge in [0.2, 0.25) is 11.7 Å². The van der Waals surface area contributed by atoms with Gasteiger partial charge in [0.15, 0.2) is 0 Å². The predicted octanol–water partition coefficient (Wildman–Crippen LogP) is 2.45. The van der Waals surface area contributed by atoms with Crippen molar-refractivity contribution in [2.45, 2.75) is 19.9 Å². The number of amides is 1. The lowest BCUT2D eigenvalue weighted by atomic mass is 10.1. The first-order valence-corrected chi connectivity index (χ1v) is 7.96. The molecule has 26 heavy (non-hydrogen) atoms. The van der Waals surface area contributed by atoms with E-state index < -0.39 is 10.8 Å². The number of nitrogens with zero attached hydrogens (tertiary/aromatic N) is 5. The summed E-state index contributed by atoms with van der Waals surface area (Å²) < 4.78 is 0. The molecule has 3 aromatic rings. The largest absolute Gasteiger partial charge is 0.324 e. The molecule has 2 aromatic carbocycles. The number of hydrogen-bond donors (Lipinski definition) is 1. The van der Waals surface area contributed by atoms with E-state index in [4.69, 9.17) is 0 Å². The number of nitro benzene ring substituents is 1. The van der Waals surface area contributed by atoms with E-state index >= 15 is 0 Å². The Kier molecular flexibility index (Phi) is 4.97. The molecule has 1 amide bonds. The minimum atomic E-state index is -0.523. The third kappa shape index (κ3) is 4.07. The summed E-state index contributed by atoms with van der Waals surface area (Å²) in [5.74, 6) is 0.0200. The molecule has 0 bridgehead atoms. The van der Waals surface area contributed by atoms with E-state index in [0.717, 1.165) is 12.0 Å². The van der Waals surface area contributed by atoms with Crippen LogP contribution in [0.3, 0.4) is 0 Å². The Hall–Kier alpha value is -3.62. The molecule has 3 rings (SSSR count). The second-order valence-electron chi connectivity index (χ2n) is 5.55. The quantitative estimate of drug-likeness (QED) is 0.538. The van der Waals surface area contributed by atoms with Crippen molar-refractivity contribution in [2.75, 3.05) is 5.32 Å². The fraction of sp³-hybridized carbons (Fsp3) is 0.176. The number of nitrogens with one attached hydrogen (secondary N) is 1. The van der Waals surface area contributed by atoms with Crippen LogP contribution in [0.1, 0.15) is 12.5 Å². The molecule has 0 radical (unpaired) electrons. The van der Waals surface area contributed by atoms with Crippen LogP contribution in [0.15, 0.2) is 48.5 Å². The molecule has 9 heteroatoms. The zero-order valence-electron chi connectivity index (χ0n) is 14.0. The fourth-order valence-electron chi connectivity index (χ4n) is 2.34. The molecule has 0 atom stereocenters. The van der Waals surface area contributed by atoms with E-state index in [0.29, 0.717) is 11.5 Å². The number of aryl methyl sites for hydroxylation is 1. The van der Waals surface area contributed by atoms with Crippen molar-refractivity contribution in [1.82, 2.24) is 20.2 Å². The lowest BCUT2D eigenvalue weighted by Gasteiger charge is -2.04. The van der Waals surface area contributed by atoms with Gasteiger partial charge in [-0.15, -0.1) is 10.2 Å². The Bertz CT molecular complexity index is 936. The Morgan fingerprint density at radius 1 is 1.23 bits per heavy atom. The van der Waals surface area contributed by atoms with Crippen molar-refractivity contribution in [3.05, 3.63) is 64.2 Å². The average molecular weight is 352 g/mol. The van der Waals surface area contributed by atoms with Gasteiger partial charge < -0.3 is 5.32 Å². The molecule has 132 valence electrons. The molecule has 1 N–H and O–H groups in total. The van der Waals surface area contributed by atoms with Gasteiger partial charge in [-0.25, -0.2) is 0 Å². The summed E-state index contributed by atoms with van der Waals surface area (Å²) >= 11 is 0. The van der Waals surface area contributed by atoms with E-state index in [1.165, 1.54) is 28.6 Å². The van der Waals surface area contributed by atoms with Crippen LogP contribution < -0.4 is 5.32 Å². The van der Waals surface area contributed by atoms with Gasteiger partial charge in [0, 0.05) is 23.4 Å². The predicted molar refractivity (Wildman–Crippen MR) is 94.4 cm³/mol. The highest BCUT2D eigenvalue weighted by Crippen LogP contribution is 2.17. The molecule has 1 aromatic heterocycles. The zero-order valence-corrected chi connectivity index (χ0v) is 14.0. The minimum Gasteiger partial charge on any atom is -0.324 e. The highest BCUT2D eigenvalue weighted by atomic mass is 16.6. The van der Waals surface area contributed by atoms with Gasteiger partial charge >= 0.3 is 0 Å². The minimum absolute atomic E-state index is 0.0977. The Labute approximate surface area is 148 Å². The topological polar surface area (TPSA) is 116 Å². The van der Waals surface area contributed by atoms with Crippen LogP contribution in [0.5, 0.6) is 0 Å². The summed E-state index contributed by atoms with van der Waals surface area (Å²) in [6, 6.07) is 13.5. The standard InChI is InChI=1S/C17H16N6O3/c1-2-12-6-8-13(9-7-12)17-19-21-22(20-17)11-16(24)18-14-4-3-5-15(10-14)23(25)26/h3-10H,2,11H2,1H3,(H,18,24). The summed E-state index contributed by atoms with van der Waals surface area (Å²) in [7, 11) is 0. The first kappa shape index (κ1) is 17.2. The second kappa shape index (κ2) is 7.51. The fourth-order valence-corrected chi connectivity index (χ4v) is 2.34. The average Bonchev–Trinajstić information content (AvgIpc) is 3.10. The van der Waals surface area contributed by atoms with Crippen molar-refractivity contribution in [3.8, 4) is 11.4 Å². The zero-order chi connectivity index (χ0) is 18.5. The highest BCUT2D eigenvalue weighted by Gasteiger charge is 2.11. The van der Waals surface area contributed by atoms with Crippen LogP contribution in [-0.4, -0.2) is 31.0 Å². The van der Waals surface area contributed by atoms with Crippen molar-refractivity contribution < 1.29 is 9.72 Å². The molecular weight excluding hydrogens is 336 g/mol. The van der Waals surface area contributed by atoms with Crippen LogP contribution >= 0.6 is 0 Å². The van der Waals surface area contributed by atoms with Crippen molar-refractivity contribution in [2.24, 2.45) is 0 Å². The van der Waals surface area contributed by atoms with Gasteiger partial charge in [-0.05, 0) is 23.3 Å². The van der Waals surface area contributed by atoms with E-state index in [9.17, 15) is 14.9 Å². The molecule has 0 aliphatic rings. The summed E-state index contributed by atoms with van der Waals surface area (Å²) in [5.41, 5.74) is 2.25. The van der Waals surface area contributed by atoms with Gasteiger partial charge in [0.1, 0.15) is 6.54 Å². The molecule has 9 nitrogen and oxygen atoms in total. The monoisotopic (exact) mass is 352 g/mol. The van der Waals surface area contributed by atoms with Crippen LogP contribution in [0, 0.1) is 10.1 Å². The van der Waals surface area contributed by atoms with Crippen molar-refractivity contribution in [1.29, 1.82) is 0 Å². The normalized spacial score (nSPS) is 10.5. The summed E-state index contributed by atoms with van der Waals surface area (Å²) in [6.07, 6.45) is 0.943. The van der Waals surface area contributed by atoms with E-state index in [2.05, 4.69) is 27.7 Å². The SMILES string of the molecule is CCc1ccc(-c2nnn(CC(=O)Nc3cccc([N+](=O)[O-])c3)n2)cc1. The van der Waals surface area contributed by atoms with E-state index in [-0.39, 0.29) is 12.2 Å². The van der Waals surface area contributed by atoms with Crippen LogP contribution in [-0.2, 0) is 17.8 Å². The van der Waals surface area contributed by atoms with E-state index in [1.54, 1.807) is 6.07 Å². The summed E-state index contributed by atoms with van der Waals surface area (Å²) in [5, 5.41) is 25.4. The van der Waals surface area contributed by atoms with Crippen LogP contribution in [0.2, 0.25) is 0 Å². The summed E-state index contributed by atoms with van der Waals surface area (Å²) in [6.45, 7) is 1.92. The van der Waals surface area contributed by atoms with Gasteiger partial charge in [-0.2, -0.15) is 4.80 Å². The number of rotatable bonds is 6. The maximum atomic E-state index is 12.1. The van der Waals surface area contributed by atoms with Crippen LogP contribution in [0.4, 0.5) is 11.4 Å². The molecule has 0 aliphatic heterocycles. The molecule has 1 heterocycles. The molecule has 0 spiro atoms. The third-order valence-corrected chi connectivity index (χ3v) is 3.70. The van der Waals surface area contributed by atoms with Gasteiger partial charge in [0.05, 0.1) is 4.92 Å². The third-order valence-electron chi connectivity index (χ3n) is 3.70. The number of anilines is 1. The lowest BCUT2D eigenvalue weighted by molar-refractivity contribution is -0.384. The van der Waals surface area contributed by atoms with Gasteiger partial charge in [-0.1, -0.05) is 37.3 Å². The Morgan fingerprint density at radius 3 is 2.69 bits per heavy atom. The number of aromatic nitrogens is 4. The highest BCUT2D eigenvalue weighted by molar-refractivity contribution is 5.90. The molecule has 0 aliphatic carbocycles. The van der Waals surface area contributed by atoms with Crippen molar-refractivity contribution in [3.63, 3.8) is 0 Å². The maximum Gasteiger partial charge on any atom is 0.271 e. The molecule has 0 saturated carbocycles. The molecule has 0 saturated heterocycles. The number of carbonyl (C=O) groups is 1. The van der Waals surface area contributed by atoms with E-state index in [1.807, 2.05) is 24.3 Å². The molecular formula is C17H16N6O3. The molecule has 0 unspecified atom stereocenters. The van der Waals surface area contributed by atoms with Gasteiger partial charge in [0.25, 0.3) is 5.69 Å². The van der Waals surface area contributed by atoms with Crippen LogP contribution in [0.25, 0.3) is 11.4 Å².